The maximum atomic E-state index is 11.6. The molecule has 0 bridgehead atoms. The van der Waals surface area contributed by atoms with Crippen LogP contribution in [-0.2, 0) is 16.1 Å². The smallest absolute Gasteiger partial charge is 0.309 e. The van der Waals surface area contributed by atoms with E-state index in [-0.39, 0.29) is 11.9 Å². The van der Waals surface area contributed by atoms with Crippen molar-refractivity contribution in [3.63, 3.8) is 0 Å². The van der Waals surface area contributed by atoms with Gasteiger partial charge in [0, 0.05) is 18.7 Å². The molecule has 0 spiro atoms. The second-order valence-electron chi connectivity index (χ2n) is 5.16. The first-order chi connectivity index (χ1) is 9.60. The van der Waals surface area contributed by atoms with Crippen LogP contribution in [0, 0.1) is 5.92 Å². The van der Waals surface area contributed by atoms with Crippen LogP contribution in [0.15, 0.2) is 24.3 Å². The van der Waals surface area contributed by atoms with Crippen LogP contribution in [-0.4, -0.2) is 37.0 Å². The number of primary amides is 1. The monoisotopic (exact) mass is 276 g/mol. The maximum Gasteiger partial charge on any atom is 0.309 e. The van der Waals surface area contributed by atoms with Gasteiger partial charge in [0.05, 0.1) is 13.0 Å². The number of methoxy groups -OCH3 is 1. The van der Waals surface area contributed by atoms with E-state index in [1.807, 2.05) is 18.2 Å². The van der Waals surface area contributed by atoms with Gasteiger partial charge in [-0.1, -0.05) is 12.1 Å². The predicted molar refractivity (Wildman–Crippen MR) is 75.0 cm³/mol. The molecule has 1 aliphatic rings. The Morgan fingerprint density at radius 3 is 2.95 bits per heavy atom. The summed E-state index contributed by atoms with van der Waals surface area (Å²) in [6.45, 7) is 2.37. The highest BCUT2D eigenvalue weighted by atomic mass is 16.5. The highest BCUT2D eigenvalue weighted by molar-refractivity contribution is 5.92. The molecule has 1 atom stereocenters. The summed E-state index contributed by atoms with van der Waals surface area (Å²) < 4.78 is 4.81. The number of nitrogens with two attached hydrogens (primary N) is 1. The van der Waals surface area contributed by atoms with Crippen molar-refractivity contribution >= 4 is 11.9 Å². The molecule has 1 aromatic carbocycles. The van der Waals surface area contributed by atoms with Gasteiger partial charge < -0.3 is 10.5 Å². The van der Waals surface area contributed by atoms with Crippen molar-refractivity contribution in [1.29, 1.82) is 0 Å². The van der Waals surface area contributed by atoms with E-state index in [9.17, 15) is 9.59 Å². The zero-order valence-corrected chi connectivity index (χ0v) is 11.7. The molecule has 1 fully saturated rings. The number of ether oxygens (including phenoxy) is 1. The van der Waals surface area contributed by atoms with Crippen molar-refractivity contribution in [2.75, 3.05) is 20.2 Å². The Balaban J connectivity index is 2.00. The molecule has 1 heterocycles. The third-order valence-electron chi connectivity index (χ3n) is 3.66. The van der Waals surface area contributed by atoms with Gasteiger partial charge in [0.25, 0.3) is 0 Å². The molecular formula is C15H20N2O3. The first-order valence-electron chi connectivity index (χ1n) is 6.79. The fraction of sp³-hybridized carbons (Fsp3) is 0.467. The Hall–Kier alpha value is -1.88. The number of hydrogen-bond acceptors (Lipinski definition) is 4. The van der Waals surface area contributed by atoms with Gasteiger partial charge in [0.2, 0.25) is 5.91 Å². The van der Waals surface area contributed by atoms with Crippen LogP contribution in [0.2, 0.25) is 0 Å². The minimum absolute atomic E-state index is 0.0481. The van der Waals surface area contributed by atoms with Gasteiger partial charge in [-0.05, 0) is 37.1 Å². The van der Waals surface area contributed by atoms with Crippen LogP contribution in [0.5, 0.6) is 0 Å². The molecular weight excluding hydrogens is 256 g/mol. The molecule has 1 aromatic rings. The molecule has 0 aromatic heterocycles. The number of nitrogens with zero attached hydrogens (tertiary/aromatic N) is 1. The van der Waals surface area contributed by atoms with E-state index in [2.05, 4.69) is 4.90 Å². The lowest BCUT2D eigenvalue weighted by molar-refractivity contribution is -0.147. The van der Waals surface area contributed by atoms with Gasteiger partial charge in [0.1, 0.15) is 0 Å². The highest BCUT2D eigenvalue weighted by Crippen LogP contribution is 2.20. The molecule has 0 radical (unpaired) electrons. The van der Waals surface area contributed by atoms with Crippen molar-refractivity contribution in [1.82, 2.24) is 4.90 Å². The zero-order valence-electron chi connectivity index (χ0n) is 11.7. The number of hydrogen-bond donors (Lipinski definition) is 1. The molecule has 1 amide bonds. The molecule has 0 aliphatic carbocycles. The third kappa shape index (κ3) is 3.57. The van der Waals surface area contributed by atoms with Crippen molar-refractivity contribution in [2.45, 2.75) is 19.4 Å². The first kappa shape index (κ1) is 14.5. The summed E-state index contributed by atoms with van der Waals surface area (Å²) in [5.74, 6) is -0.605. The average molecular weight is 276 g/mol. The fourth-order valence-electron chi connectivity index (χ4n) is 2.64. The lowest BCUT2D eigenvalue weighted by atomic mass is 9.97. The molecule has 5 nitrogen and oxygen atoms in total. The largest absolute Gasteiger partial charge is 0.469 e. The van der Waals surface area contributed by atoms with Gasteiger partial charge in [-0.25, -0.2) is 0 Å². The second kappa shape index (κ2) is 6.52. The van der Waals surface area contributed by atoms with E-state index in [1.165, 1.54) is 7.11 Å². The van der Waals surface area contributed by atoms with Gasteiger partial charge in [0.15, 0.2) is 0 Å². The number of amides is 1. The van der Waals surface area contributed by atoms with Gasteiger partial charge in [-0.2, -0.15) is 0 Å². The van der Waals surface area contributed by atoms with Crippen LogP contribution in [0.4, 0.5) is 0 Å². The van der Waals surface area contributed by atoms with E-state index in [0.717, 1.165) is 24.9 Å². The zero-order chi connectivity index (χ0) is 14.5. The van der Waals surface area contributed by atoms with Crippen molar-refractivity contribution in [3.05, 3.63) is 35.4 Å². The number of carbonyl (C=O) groups excluding carboxylic acids is 2. The normalized spacial score (nSPS) is 19.6. The molecule has 5 heteroatoms. The lowest BCUT2D eigenvalue weighted by Gasteiger charge is -2.31. The summed E-state index contributed by atoms with van der Waals surface area (Å²) in [6, 6.07) is 7.31. The molecule has 108 valence electrons. The van der Waals surface area contributed by atoms with Crippen molar-refractivity contribution in [3.8, 4) is 0 Å². The van der Waals surface area contributed by atoms with Gasteiger partial charge in [-0.3, -0.25) is 14.5 Å². The molecule has 1 aliphatic heterocycles. The molecule has 2 N–H and O–H groups in total. The van der Waals surface area contributed by atoms with Crippen molar-refractivity contribution in [2.24, 2.45) is 11.7 Å². The van der Waals surface area contributed by atoms with E-state index < -0.39 is 5.91 Å². The number of rotatable bonds is 4. The summed E-state index contributed by atoms with van der Waals surface area (Å²) in [4.78, 5) is 25.0. The summed E-state index contributed by atoms with van der Waals surface area (Å²) in [7, 11) is 1.43. The predicted octanol–water partition coefficient (Wildman–Crippen LogP) is 1.17. The summed E-state index contributed by atoms with van der Waals surface area (Å²) in [5.41, 5.74) is 6.83. The first-order valence-corrected chi connectivity index (χ1v) is 6.79. The summed E-state index contributed by atoms with van der Waals surface area (Å²) >= 11 is 0. The Labute approximate surface area is 118 Å². The van der Waals surface area contributed by atoms with Gasteiger partial charge >= 0.3 is 5.97 Å². The van der Waals surface area contributed by atoms with Crippen molar-refractivity contribution < 1.29 is 14.3 Å². The van der Waals surface area contributed by atoms with Crippen LogP contribution >= 0.6 is 0 Å². The SMILES string of the molecule is COC(=O)[C@H]1CCCN(Cc2cccc(C(N)=O)c2)C1. The Bertz CT molecular complexity index is 502. The second-order valence-corrected chi connectivity index (χ2v) is 5.16. The molecule has 0 unspecified atom stereocenters. The highest BCUT2D eigenvalue weighted by Gasteiger charge is 2.26. The van der Waals surface area contributed by atoms with Crippen LogP contribution < -0.4 is 5.73 Å². The van der Waals surface area contributed by atoms with E-state index in [4.69, 9.17) is 10.5 Å². The lowest BCUT2D eigenvalue weighted by Crippen LogP contribution is -2.38. The average Bonchev–Trinajstić information content (AvgIpc) is 2.47. The number of benzene rings is 1. The quantitative estimate of drug-likeness (QED) is 0.838. The summed E-state index contributed by atoms with van der Waals surface area (Å²) in [5, 5.41) is 0. The molecule has 1 saturated heterocycles. The molecule has 0 saturated carbocycles. The van der Waals surface area contributed by atoms with Crippen LogP contribution in [0.1, 0.15) is 28.8 Å². The standard InChI is InChI=1S/C15H20N2O3/c1-20-15(19)13-6-3-7-17(10-13)9-11-4-2-5-12(8-11)14(16)18/h2,4-5,8,13H,3,6-7,9-10H2,1H3,(H2,16,18)/t13-/m0/s1. The number of piperidine rings is 1. The van der Waals surface area contributed by atoms with Crippen LogP contribution in [0.3, 0.4) is 0 Å². The molecule has 20 heavy (non-hydrogen) atoms. The number of esters is 1. The number of carbonyl (C=O) groups is 2. The summed E-state index contributed by atoms with van der Waals surface area (Å²) in [6.07, 6.45) is 1.86. The Morgan fingerprint density at radius 1 is 1.45 bits per heavy atom. The minimum atomic E-state index is -0.419. The Kier molecular flexibility index (Phi) is 4.74. The van der Waals surface area contributed by atoms with Crippen LogP contribution in [0.25, 0.3) is 0 Å². The Morgan fingerprint density at radius 2 is 2.25 bits per heavy atom. The van der Waals surface area contributed by atoms with Gasteiger partial charge in [-0.15, -0.1) is 0 Å². The molecule has 2 rings (SSSR count). The fourth-order valence-corrected chi connectivity index (χ4v) is 2.64. The third-order valence-corrected chi connectivity index (χ3v) is 3.66. The van der Waals surface area contributed by atoms with E-state index >= 15 is 0 Å². The minimum Gasteiger partial charge on any atom is -0.469 e. The maximum absolute atomic E-state index is 11.6. The topological polar surface area (TPSA) is 72.6 Å². The number of likely N-dealkylation sites (tertiary alicyclic amines) is 1. The van der Waals surface area contributed by atoms with E-state index in [0.29, 0.717) is 18.7 Å². The van der Waals surface area contributed by atoms with E-state index in [1.54, 1.807) is 6.07 Å².